The van der Waals surface area contributed by atoms with Crippen LogP contribution in [0.4, 0.5) is 0 Å². The summed E-state index contributed by atoms with van der Waals surface area (Å²) in [7, 11) is -3.60. The average molecular weight is 343 g/mol. The maximum absolute atomic E-state index is 12.5. The first kappa shape index (κ1) is 17.0. The molecule has 0 saturated carbocycles. The van der Waals surface area contributed by atoms with Crippen molar-refractivity contribution in [2.75, 3.05) is 6.54 Å². The number of hydrogen-bond acceptors (Lipinski definition) is 3. The fourth-order valence-electron chi connectivity index (χ4n) is 2.48. The lowest BCUT2D eigenvalue weighted by Gasteiger charge is -2.34. The second-order valence-electron chi connectivity index (χ2n) is 5.49. The van der Waals surface area contributed by atoms with Crippen molar-refractivity contribution in [3.63, 3.8) is 0 Å². The summed E-state index contributed by atoms with van der Waals surface area (Å²) in [5, 5.41) is 1.75. The number of nitrogens with zero attached hydrogens (tertiary/aromatic N) is 1. The van der Waals surface area contributed by atoms with E-state index in [0.29, 0.717) is 17.9 Å². The van der Waals surface area contributed by atoms with Crippen LogP contribution in [0.2, 0.25) is 5.02 Å². The normalized spacial score (nSPS) is 23.7. The fraction of sp³-hybridized carbons (Fsp3) is 0.400. The molecule has 5 nitrogen and oxygen atoms in total. The van der Waals surface area contributed by atoms with Gasteiger partial charge in [0.05, 0.1) is 5.92 Å². The van der Waals surface area contributed by atoms with Crippen LogP contribution >= 0.6 is 11.6 Å². The van der Waals surface area contributed by atoms with Gasteiger partial charge in [0.25, 0.3) is 0 Å². The van der Waals surface area contributed by atoms with Crippen molar-refractivity contribution in [2.24, 2.45) is 11.7 Å². The van der Waals surface area contributed by atoms with Crippen molar-refractivity contribution in [1.29, 1.82) is 0 Å². The van der Waals surface area contributed by atoms with Gasteiger partial charge in [-0.15, -0.1) is 0 Å². The van der Waals surface area contributed by atoms with Crippen molar-refractivity contribution in [3.05, 3.63) is 40.3 Å². The molecule has 0 aliphatic carbocycles. The number of hydrogen-bond donors (Lipinski definition) is 1. The molecule has 1 aromatic rings. The van der Waals surface area contributed by atoms with Crippen LogP contribution in [0.25, 0.3) is 6.08 Å². The first-order valence-corrected chi connectivity index (χ1v) is 8.92. The number of halogens is 1. The van der Waals surface area contributed by atoms with E-state index in [-0.39, 0.29) is 12.6 Å². The van der Waals surface area contributed by atoms with Crippen molar-refractivity contribution in [2.45, 2.75) is 25.8 Å². The van der Waals surface area contributed by atoms with Crippen molar-refractivity contribution < 1.29 is 13.2 Å². The summed E-state index contributed by atoms with van der Waals surface area (Å²) in [6, 6.07) is 6.72. The van der Waals surface area contributed by atoms with Gasteiger partial charge in [0.15, 0.2) is 0 Å². The molecule has 0 bridgehead atoms. The zero-order chi connectivity index (χ0) is 16.3. The van der Waals surface area contributed by atoms with E-state index in [2.05, 4.69) is 0 Å². The largest absolute Gasteiger partial charge is 0.369 e. The Morgan fingerprint density at radius 2 is 1.95 bits per heavy atom. The predicted molar refractivity (Wildman–Crippen MR) is 87.5 cm³/mol. The molecule has 1 fully saturated rings. The minimum absolute atomic E-state index is 0.143. The summed E-state index contributed by atoms with van der Waals surface area (Å²) in [4.78, 5) is 11.3. The number of benzene rings is 1. The zero-order valence-corrected chi connectivity index (χ0v) is 13.8. The first-order chi connectivity index (χ1) is 10.3. The number of nitrogens with two attached hydrogens (primary N) is 1. The third-order valence-corrected chi connectivity index (χ3v) is 5.75. The zero-order valence-electron chi connectivity index (χ0n) is 12.3. The summed E-state index contributed by atoms with van der Waals surface area (Å²) in [5.41, 5.74) is 6.05. The molecule has 1 amide bonds. The van der Waals surface area contributed by atoms with Gasteiger partial charge in [-0.2, -0.15) is 4.31 Å². The fourth-order valence-corrected chi connectivity index (χ4v) is 4.08. The van der Waals surface area contributed by atoms with E-state index in [1.54, 1.807) is 24.3 Å². The molecule has 2 atom stereocenters. The second kappa shape index (κ2) is 6.81. The number of sulfonamides is 1. The molecular formula is C15H19ClN2O3S. The third kappa shape index (κ3) is 4.09. The quantitative estimate of drug-likeness (QED) is 0.911. The highest BCUT2D eigenvalue weighted by atomic mass is 35.5. The van der Waals surface area contributed by atoms with Gasteiger partial charge in [-0.3, -0.25) is 4.79 Å². The van der Waals surface area contributed by atoms with Gasteiger partial charge in [-0.1, -0.05) is 23.7 Å². The van der Waals surface area contributed by atoms with Gasteiger partial charge >= 0.3 is 0 Å². The molecule has 0 radical (unpaired) electrons. The average Bonchev–Trinajstić information content (AvgIpc) is 2.46. The molecule has 0 aromatic heterocycles. The van der Waals surface area contributed by atoms with Crippen LogP contribution in [0, 0.1) is 5.92 Å². The second-order valence-corrected chi connectivity index (χ2v) is 7.70. The summed E-state index contributed by atoms with van der Waals surface area (Å²) < 4.78 is 26.3. The topological polar surface area (TPSA) is 80.5 Å². The van der Waals surface area contributed by atoms with Crippen LogP contribution in [0.1, 0.15) is 25.3 Å². The van der Waals surface area contributed by atoms with Crippen LogP contribution in [0.3, 0.4) is 0 Å². The lowest BCUT2D eigenvalue weighted by atomic mass is 9.95. The molecule has 120 valence electrons. The summed E-state index contributed by atoms with van der Waals surface area (Å²) in [5.74, 6) is -0.872. The van der Waals surface area contributed by atoms with Gasteiger partial charge in [0, 0.05) is 23.0 Å². The molecule has 1 aliphatic heterocycles. The Kier molecular flexibility index (Phi) is 5.26. The third-order valence-electron chi connectivity index (χ3n) is 3.86. The van der Waals surface area contributed by atoms with E-state index in [9.17, 15) is 13.2 Å². The van der Waals surface area contributed by atoms with E-state index >= 15 is 0 Å². The predicted octanol–water partition coefficient (Wildman–Crippen LogP) is 2.23. The minimum atomic E-state index is -3.60. The Balaban J connectivity index is 2.17. The van der Waals surface area contributed by atoms with Gasteiger partial charge in [0.1, 0.15) is 0 Å². The van der Waals surface area contributed by atoms with Gasteiger partial charge in [-0.05, 0) is 43.5 Å². The molecule has 1 aliphatic rings. The maximum Gasteiger partial charge on any atom is 0.236 e. The van der Waals surface area contributed by atoms with Crippen LogP contribution in [0.5, 0.6) is 0 Å². The van der Waals surface area contributed by atoms with Crippen molar-refractivity contribution >= 4 is 33.6 Å². The minimum Gasteiger partial charge on any atom is -0.369 e. The highest BCUT2D eigenvalue weighted by Gasteiger charge is 2.34. The Labute approximate surface area is 135 Å². The summed E-state index contributed by atoms with van der Waals surface area (Å²) in [6.07, 6.45) is 2.78. The van der Waals surface area contributed by atoms with Crippen molar-refractivity contribution in [3.8, 4) is 0 Å². The van der Waals surface area contributed by atoms with E-state index in [4.69, 9.17) is 17.3 Å². The molecule has 2 N–H and O–H groups in total. The monoisotopic (exact) mass is 342 g/mol. The highest BCUT2D eigenvalue weighted by molar-refractivity contribution is 7.92. The molecule has 22 heavy (non-hydrogen) atoms. The van der Waals surface area contributed by atoms with Gasteiger partial charge < -0.3 is 5.73 Å². The van der Waals surface area contributed by atoms with E-state index < -0.39 is 21.8 Å². The Morgan fingerprint density at radius 3 is 2.55 bits per heavy atom. The molecule has 1 heterocycles. The highest BCUT2D eigenvalue weighted by Crippen LogP contribution is 2.25. The lowest BCUT2D eigenvalue weighted by Crippen LogP contribution is -2.47. The van der Waals surface area contributed by atoms with Gasteiger partial charge in [0.2, 0.25) is 15.9 Å². The summed E-state index contributed by atoms with van der Waals surface area (Å²) >= 11 is 5.79. The molecule has 7 heteroatoms. The van der Waals surface area contributed by atoms with Crippen LogP contribution in [0.15, 0.2) is 29.7 Å². The molecule has 1 saturated heterocycles. The van der Waals surface area contributed by atoms with Crippen LogP contribution in [-0.4, -0.2) is 31.2 Å². The standard InChI is InChI=1S/C15H19ClN2O3S/c1-11-2-5-13(15(17)19)10-18(11)22(20,21)9-8-12-3-6-14(16)7-4-12/h3-4,6-9,11,13H,2,5,10H2,1H3,(H2,17,19)/b9-8+. The Bertz CT molecular complexity index is 671. The Morgan fingerprint density at radius 1 is 1.32 bits per heavy atom. The van der Waals surface area contributed by atoms with E-state index in [0.717, 1.165) is 11.0 Å². The molecule has 1 aromatic carbocycles. The van der Waals surface area contributed by atoms with Gasteiger partial charge in [-0.25, -0.2) is 8.42 Å². The number of piperidine rings is 1. The number of primary amides is 1. The first-order valence-electron chi connectivity index (χ1n) is 7.04. The van der Waals surface area contributed by atoms with Crippen LogP contribution < -0.4 is 5.73 Å². The maximum atomic E-state index is 12.5. The number of carbonyl (C=O) groups excluding carboxylic acids is 1. The number of carbonyl (C=O) groups is 1. The molecule has 2 rings (SSSR count). The van der Waals surface area contributed by atoms with E-state index in [1.165, 1.54) is 10.4 Å². The molecule has 2 unspecified atom stereocenters. The smallest absolute Gasteiger partial charge is 0.236 e. The molecule has 0 spiro atoms. The number of amides is 1. The lowest BCUT2D eigenvalue weighted by molar-refractivity contribution is -0.123. The number of rotatable bonds is 4. The van der Waals surface area contributed by atoms with E-state index in [1.807, 2.05) is 6.92 Å². The molecular weight excluding hydrogens is 324 g/mol. The van der Waals surface area contributed by atoms with Crippen LogP contribution in [-0.2, 0) is 14.8 Å². The Hall–Kier alpha value is -1.37. The SMILES string of the molecule is CC1CCC(C(N)=O)CN1S(=O)(=O)/C=C/c1ccc(Cl)cc1. The summed E-state index contributed by atoms with van der Waals surface area (Å²) in [6.45, 7) is 1.98. The van der Waals surface area contributed by atoms with Crippen molar-refractivity contribution in [1.82, 2.24) is 4.31 Å².